The van der Waals surface area contributed by atoms with Crippen LogP contribution in [0.15, 0.2) is 73.1 Å². The summed E-state index contributed by atoms with van der Waals surface area (Å²) >= 11 is 0. The van der Waals surface area contributed by atoms with Crippen LogP contribution in [0.4, 0.5) is 0 Å². The van der Waals surface area contributed by atoms with Crippen LogP contribution in [-0.4, -0.2) is 164 Å². The second-order valence-corrected chi connectivity index (χ2v) is 19.3. The van der Waals surface area contributed by atoms with Crippen LogP contribution < -0.4 is 134 Å². The number of carbonyl (C=O) groups is 12. The molecular formula is C57H90Na4O25. The number of hydrogen-bond donors (Lipinski definition) is 7. The Morgan fingerprint density at radius 1 is 0.360 bits per heavy atom. The topological polar surface area (TPSA) is 443 Å². The molecule has 0 aromatic heterocycles. The van der Waals surface area contributed by atoms with E-state index in [0.29, 0.717) is 11.1 Å². The number of carboxylic acids is 3. The van der Waals surface area contributed by atoms with Gasteiger partial charge in [0.1, 0.15) is 36.6 Å². The molecule has 472 valence electrons. The molecule has 7 N–H and O–H groups in total. The number of ether oxygens (including phenoxy) is 3. The first-order valence-electron chi connectivity index (χ1n) is 24.9. The molecule has 25 nitrogen and oxygen atoms in total. The Hall–Kier alpha value is -3.16. The fraction of sp³-hybridized carbons (Fsp3) is 0.579. The standard InChI is InChI=1S/C11H18O4.2C10H16O4.2C9H14O4.C8H12O5.4Na.H2.H/c1-5-15-11(14)9(6-7(2)3)10(13)8(4)12;2*1-6(2)5-8(10(13)14-4)9(12)7(3)11;2*1-5(2)4-7(9(12)13)8(11)6(3)10;1-4(9)3-6(8(12)13)7(11)5(2)10;;;;;;/h9-10,13H,2,5-6H2,1,3-4H3;2*8-9,12H,1,5H2,2-4H3;2*7-8,11H,1,4H2,2-3H3,(H,12,13);6-7,9,11H,1,3H2,2H3,(H,12,13);;;;;1H;/q;;;;;;4*+1;;-1/p-3/i;;;;;;;;;;1+1;. The van der Waals surface area contributed by atoms with E-state index < -0.39 is 148 Å². The summed E-state index contributed by atoms with van der Waals surface area (Å²) in [5, 5.41) is 96.0. The van der Waals surface area contributed by atoms with E-state index in [0.717, 1.165) is 37.5 Å². The van der Waals surface area contributed by atoms with Gasteiger partial charge in [0.2, 0.25) is 0 Å². The predicted molar refractivity (Wildman–Crippen MR) is 294 cm³/mol. The van der Waals surface area contributed by atoms with Crippen molar-refractivity contribution in [1.82, 2.24) is 0 Å². The van der Waals surface area contributed by atoms with Gasteiger partial charge in [-0.15, -0.1) is 32.9 Å². The number of carbonyl (C=O) groups excluding carboxylic acids is 12. The molecule has 0 saturated heterocycles. The fourth-order valence-electron chi connectivity index (χ4n) is 6.33. The van der Waals surface area contributed by atoms with Gasteiger partial charge in [-0.05, 0) is 115 Å². The van der Waals surface area contributed by atoms with Crippen molar-refractivity contribution < 1.29 is 244 Å². The van der Waals surface area contributed by atoms with E-state index in [1.165, 1.54) is 35.0 Å². The van der Waals surface area contributed by atoms with E-state index in [4.69, 9.17) is 14.9 Å². The Balaban J connectivity index is -0.0000000778. The summed E-state index contributed by atoms with van der Waals surface area (Å²) in [6, 6.07) is 0. The van der Waals surface area contributed by atoms with Gasteiger partial charge in [0, 0.05) is 43.5 Å². The third kappa shape index (κ3) is 51.7. The van der Waals surface area contributed by atoms with Crippen LogP contribution in [0.3, 0.4) is 0 Å². The quantitative estimate of drug-likeness (QED) is 0.0111. The maximum absolute atomic E-state index is 11.4. The minimum absolute atomic E-state index is 0. The number of Topliss-reactive ketones (excluding diaryl/α,β-unsaturated/α-hetero) is 6. The van der Waals surface area contributed by atoms with Crippen LogP contribution in [0, 0.1) is 35.5 Å². The summed E-state index contributed by atoms with van der Waals surface area (Å²) in [5.74, 6) is -16.0. The summed E-state index contributed by atoms with van der Waals surface area (Å²) in [6.45, 7) is 38.4. The van der Waals surface area contributed by atoms with Crippen molar-refractivity contribution >= 4 is 70.5 Å². The molecule has 0 aliphatic rings. The average Bonchev–Trinajstić information content (AvgIpc) is 3.35. The Morgan fingerprint density at radius 3 is 0.663 bits per heavy atom. The number of rotatable bonds is 31. The van der Waals surface area contributed by atoms with Gasteiger partial charge in [0.15, 0.2) is 34.7 Å². The maximum Gasteiger partial charge on any atom is 1.00 e. The van der Waals surface area contributed by atoms with Gasteiger partial charge in [-0.2, -0.15) is 0 Å². The second-order valence-electron chi connectivity index (χ2n) is 19.3. The van der Waals surface area contributed by atoms with Gasteiger partial charge >= 0.3 is 136 Å². The molecule has 0 rings (SSSR count). The summed E-state index contributed by atoms with van der Waals surface area (Å²) in [4.78, 5) is 130. The van der Waals surface area contributed by atoms with Crippen LogP contribution >= 0.6 is 0 Å². The van der Waals surface area contributed by atoms with Crippen molar-refractivity contribution in [2.75, 3.05) is 20.8 Å². The molecule has 0 aliphatic carbocycles. The summed E-state index contributed by atoms with van der Waals surface area (Å²) < 4.78 is 13.8. The summed E-state index contributed by atoms with van der Waals surface area (Å²) in [5.41, 5.74) is 3.36. The molecule has 0 aromatic carbocycles. The van der Waals surface area contributed by atoms with Crippen LogP contribution in [0.25, 0.3) is 0 Å². The normalized spacial score (nSPS) is 13.8. The first-order valence-corrected chi connectivity index (χ1v) is 24.9. The predicted octanol–water partition coefficient (Wildman–Crippen LogP) is -11.9. The minimum atomic E-state index is -1.66. The largest absolute Gasteiger partial charge is 1.00 e. The van der Waals surface area contributed by atoms with Gasteiger partial charge in [0.25, 0.3) is 0 Å². The minimum Gasteiger partial charge on any atom is -1.00 e. The molecule has 12 atom stereocenters. The third-order valence-electron chi connectivity index (χ3n) is 10.6. The second kappa shape index (κ2) is 57.0. The SMILES string of the molecule is C=C(C)CC(C(=O)OC)C(O)C(C)=O.C=C(C)CC(C(=O)OC)C(O)C(C)=O.C=C(C)CC(C(=O)OCC)C(O)C(C)=O.C=C(C)CC(C(=O)[O-])C(O)C(C)=O.C=C(C)CC(C(=O)[O-])C(O)C(C)=O.C=C(O)CC(C(=O)[O-])C(O)C(C)=O.[2HH].[H-].[Na+].[Na+].[Na+].[Na+]. The zero-order valence-electron chi connectivity index (χ0n) is 54.6. The van der Waals surface area contributed by atoms with Crippen molar-refractivity contribution in [3.63, 3.8) is 0 Å². The van der Waals surface area contributed by atoms with E-state index in [1.807, 2.05) is 0 Å². The molecule has 29 heteroatoms. The van der Waals surface area contributed by atoms with Crippen molar-refractivity contribution in [1.29, 1.82) is 0 Å². The number of methoxy groups -OCH3 is 2. The van der Waals surface area contributed by atoms with Gasteiger partial charge in [-0.3, -0.25) is 43.2 Å². The average molecular weight is 1270 g/mol. The first-order chi connectivity index (χ1) is 37.3. The van der Waals surface area contributed by atoms with Gasteiger partial charge in [-0.1, -0.05) is 34.4 Å². The number of aliphatic carboxylic acids is 3. The molecule has 0 aromatic rings. The molecule has 12 unspecified atom stereocenters. The number of ketones is 6. The van der Waals surface area contributed by atoms with E-state index in [-0.39, 0.29) is 166 Å². The van der Waals surface area contributed by atoms with Crippen LogP contribution in [0.1, 0.15) is 124 Å². The number of esters is 3. The van der Waals surface area contributed by atoms with Crippen LogP contribution in [-0.2, 0) is 71.7 Å². The molecule has 0 fully saturated rings. The van der Waals surface area contributed by atoms with Crippen LogP contribution in [0.2, 0.25) is 0 Å². The van der Waals surface area contributed by atoms with Crippen LogP contribution in [0.5, 0.6) is 0 Å². The molecule has 86 heavy (non-hydrogen) atoms. The zero-order chi connectivity index (χ0) is 66.4. The zero-order valence-corrected chi connectivity index (χ0v) is 61.6. The molecule has 0 aliphatic heterocycles. The fourth-order valence-corrected chi connectivity index (χ4v) is 6.33. The number of hydrogen-bond acceptors (Lipinski definition) is 25. The molecule has 0 heterocycles. The van der Waals surface area contributed by atoms with E-state index in [1.54, 1.807) is 41.5 Å². The van der Waals surface area contributed by atoms with Gasteiger partial charge in [0.05, 0.1) is 44.3 Å². The molecule has 0 amide bonds. The maximum atomic E-state index is 11.4. The number of aliphatic hydroxyl groups is 7. The van der Waals surface area contributed by atoms with Crippen molar-refractivity contribution in [2.45, 2.75) is 158 Å². The monoisotopic (exact) mass is 1270 g/mol. The van der Waals surface area contributed by atoms with E-state index in [2.05, 4.69) is 48.9 Å². The van der Waals surface area contributed by atoms with E-state index >= 15 is 0 Å². The van der Waals surface area contributed by atoms with Crippen molar-refractivity contribution in [2.24, 2.45) is 35.5 Å². The Labute approximate surface area is 596 Å². The molecule has 0 saturated carbocycles. The molecule has 0 bridgehead atoms. The third-order valence-corrected chi connectivity index (χ3v) is 10.6. The molecular weight excluding hydrogens is 1180 g/mol. The molecule has 0 radical (unpaired) electrons. The molecule has 0 spiro atoms. The van der Waals surface area contributed by atoms with Crippen molar-refractivity contribution in [3.8, 4) is 0 Å². The Bertz CT molecular complexity index is 2110. The Morgan fingerprint density at radius 2 is 0.523 bits per heavy atom. The number of carboxylic acid groups (broad SMARTS) is 3. The van der Waals surface area contributed by atoms with Gasteiger partial charge < -0.3 is 81.1 Å². The van der Waals surface area contributed by atoms with Crippen molar-refractivity contribution in [3.05, 3.63) is 73.1 Å². The van der Waals surface area contributed by atoms with Gasteiger partial charge in [-0.25, -0.2) is 0 Å². The summed E-state index contributed by atoms with van der Waals surface area (Å²) in [7, 11) is 2.45. The van der Waals surface area contributed by atoms with E-state index in [9.17, 15) is 98.4 Å². The smallest absolute Gasteiger partial charge is 1.00 e. The number of allylic oxidation sites excluding steroid dienone is 6. The summed E-state index contributed by atoms with van der Waals surface area (Å²) in [6.07, 6.45) is -8.06. The number of aliphatic hydroxyl groups excluding tert-OH is 7. The Kier molecular flexibility index (Phi) is 69.3. The first kappa shape index (κ1) is 105.